The van der Waals surface area contributed by atoms with Crippen LogP contribution in [0.3, 0.4) is 0 Å². The molecule has 4 unspecified atom stereocenters. The Balaban J connectivity index is 1.39. The molecule has 1 saturated carbocycles. The summed E-state index contributed by atoms with van der Waals surface area (Å²) in [7, 11) is 3.36. The molecule has 3 aliphatic heterocycles. The minimum absolute atomic E-state index is 0.0437. The van der Waals surface area contributed by atoms with Crippen molar-refractivity contribution in [2.24, 2.45) is 11.8 Å². The van der Waals surface area contributed by atoms with E-state index in [0.717, 1.165) is 24.1 Å². The number of ether oxygens (including phenoxy) is 1. The van der Waals surface area contributed by atoms with E-state index >= 15 is 0 Å². The average molecular weight is 508 g/mol. The van der Waals surface area contributed by atoms with Crippen LogP contribution in [0, 0.1) is 23.2 Å². The lowest BCUT2D eigenvalue weighted by molar-refractivity contribution is 0.0188. The van der Waals surface area contributed by atoms with Gasteiger partial charge in [-0.25, -0.2) is 9.78 Å². The fraction of sp³-hybridized carbons (Fsp3) is 0.481. The van der Waals surface area contributed by atoms with Gasteiger partial charge in [0.15, 0.2) is 0 Å². The molecule has 0 spiro atoms. The second-order valence-electron chi connectivity index (χ2n) is 11.1. The number of benzene rings is 1. The Morgan fingerprint density at radius 3 is 2.56 bits per heavy atom. The maximum atomic E-state index is 12.9. The molecule has 8 nitrogen and oxygen atoms in total. The van der Waals surface area contributed by atoms with Gasteiger partial charge in [-0.2, -0.15) is 5.26 Å². The van der Waals surface area contributed by atoms with Gasteiger partial charge in [0.25, 0.3) is 5.91 Å². The van der Waals surface area contributed by atoms with Crippen molar-refractivity contribution in [1.82, 2.24) is 14.8 Å². The summed E-state index contributed by atoms with van der Waals surface area (Å²) >= 11 is 6.40. The van der Waals surface area contributed by atoms with Crippen molar-refractivity contribution >= 4 is 29.4 Å². The number of hydrogen-bond donors (Lipinski definition) is 0. The first-order valence-corrected chi connectivity index (χ1v) is 12.5. The monoisotopic (exact) mass is 507 g/mol. The molecule has 4 atom stereocenters. The van der Waals surface area contributed by atoms with E-state index in [9.17, 15) is 14.9 Å². The number of amides is 2. The van der Waals surface area contributed by atoms with Gasteiger partial charge in [0.1, 0.15) is 17.5 Å². The van der Waals surface area contributed by atoms with Crippen molar-refractivity contribution in [3.05, 3.63) is 46.6 Å². The van der Waals surface area contributed by atoms with Gasteiger partial charge in [-0.05, 0) is 56.9 Å². The van der Waals surface area contributed by atoms with Crippen LogP contribution in [0.15, 0.2) is 30.5 Å². The van der Waals surface area contributed by atoms with Crippen molar-refractivity contribution in [3.63, 3.8) is 0 Å². The van der Waals surface area contributed by atoms with Gasteiger partial charge in [0, 0.05) is 50.9 Å². The zero-order valence-corrected chi connectivity index (χ0v) is 21.9. The molecule has 4 aliphatic rings. The van der Waals surface area contributed by atoms with E-state index in [-0.39, 0.29) is 24.1 Å². The minimum atomic E-state index is -0.538. The Kier molecular flexibility index (Phi) is 5.87. The SMILES string of the molecule is CN(C)C(=O)c1ccc(-c2cnc(N3CC4C5CC(C3)N(C(=O)OC(C)(C)C)C54)c(C#N)c2)cc1Cl. The Bertz CT molecular complexity index is 1280. The normalized spacial score (nSPS) is 24.1. The molecule has 188 valence electrons. The molecule has 9 heteroatoms. The van der Waals surface area contributed by atoms with E-state index in [1.165, 1.54) is 4.90 Å². The summed E-state index contributed by atoms with van der Waals surface area (Å²) in [6.07, 6.45) is 2.45. The van der Waals surface area contributed by atoms with Crippen LogP contribution < -0.4 is 4.90 Å². The van der Waals surface area contributed by atoms with E-state index < -0.39 is 5.60 Å². The third kappa shape index (κ3) is 4.26. The fourth-order valence-electron chi connectivity index (χ4n) is 5.63. The number of halogens is 1. The lowest BCUT2D eigenvalue weighted by Crippen LogP contribution is -2.45. The number of aromatic nitrogens is 1. The Hall–Kier alpha value is -3.31. The lowest BCUT2D eigenvalue weighted by Gasteiger charge is -2.31. The predicted octanol–water partition coefficient (Wildman–Crippen LogP) is 4.42. The van der Waals surface area contributed by atoms with Gasteiger partial charge in [0.05, 0.1) is 22.2 Å². The largest absolute Gasteiger partial charge is 0.444 e. The van der Waals surface area contributed by atoms with Crippen LogP contribution in [0.1, 0.15) is 43.1 Å². The molecule has 4 fully saturated rings. The molecule has 1 aromatic carbocycles. The van der Waals surface area contributed by atoms with Crippen molar-refractivity contribution in [2.45, 2.75) is 44.9 Å². The first kappa shape index (κ1) is 24.4. The van der Waals surface area contributed by atoms with Crippen LogP contribution in [0.5, 0.6) is 0 Å². The molecule has 4 bridgehead atoms. The van der Waals surface area contributed by atoms with E-state index in [2.05, 4.69) is 11.0 Å². The molecule has 4 heterocycles. The summed E-state index contributed by atoms with van der Waals surface area (Å²) in [6, 6.07) is 9.61. The highest BCUT2D eigenvalue weighted by molar-refractivity contribution is 6.34. The molecule has 36 heavy (non-hydrogen) atoms. The number of hydrogen-bond acceptors (Lipinski definition) is 6. The van der Waals surface area contributed by atoms with Crippen molar-refractivity contribution in [1.29, 1.82) is 5.26 Å². The lowest BCUT2D eigenvalue weighted by atomic mass is 10.0. The van der Waals surface area contributed by atoms with Gasteiger partial charge in [-0.1, -0.05) is 17.7 Å². The van der Waals surface area contributed by atoms with Crippen molar-refractivity contribution in [2.75, 3.05) is 32.1 Å². The Morgan fingerprint density at radius 1 is 1.17 bits per heavy atom. The van der Waals surface area contributed by atoms with Crippen LogP contribution in [-0.2, 0) is 4.74 Å². The molecule has 0 radical (unpaired) electrons. The summed E-state index contributed by atoms with van der Waals surface area (Å²) in [4.78, 5) is 35.5. The van der Waals surface area contributed by atoms with Crippen molar-refractivity contribution in [3.8, 4) is 17.2 Å². The third-order valence-corrected chi connectivity index (χ3v) is 7.55. The quantitative estimate of drug-likeness (QED) is 0.611. The second-order valence-corrected chi connectivity index (χ2v) is 11.5. The number of carbonyl (C=O) groups is 2. The number of rotatable bonds is 3. The predicted molar refractivity (Wildman–Crippen MR) is 137 cm³/mol. The molecule has 0 N–H and O–H groups in total. The van der Waals surface area contributed by atoms with Crippen LogP contribution in [0.4, 0.5) is 10.6 Å². The summed E-state index contributed by atoms with van der Waals surface area (Å²) in [5.74, 6) is 1.32. The standard InChI is InChI=1S/C27H30ClN5O3/c1-27(2,3)36-26(35)33-18-10-20-21(23(20)33)14-32(13-18)24-16(11-29)8-17(12-30-24)15-6-7-19(22(28)9-15)25(34)31(4)5/h6-9,12,18,20-21,23H,10,13-14H2,1-5H3. The minimum Gasteiger partial charge on any atom is -0.444 e. The second kappa shape index (κ2) is 8.67. The molecular weight excluding hydrogens is 478 g/mol. The van der Waals surface area contributed by atoms with Crippen LogP contribution >= 0.6 is 11.6 Å². The van der Waals surface area contributed by atoms with Crippen LogP contribution in [-0.4, -0.2) is 71.7 Å². The summed E-state index contributed by atoms with van der Waals surface area (Å²) in [6.45, 7) is 7.04. The van der Waals surface area contributed by atoms with Gasteiger partial charge < -0.3 is 14.5 Å². The number of nitrogens with zero attached hydrogens (tertiary/aromatic N) is 5. The third-order valence-electron chi connectivity index (χ3n) is 7.24. The van der Waals surface area contributed by atoms with E-state index in [1.54, 1.807) is 32.4 Å². The number of nitriles is 1. The number of anilines is 1. The fourth-order valence-corrected chi connectivity index (χ4v) is 5.89. The van der Waals surface area contributed by atoms with E-state index in [1.807, 2.05) is 37.8 Å². The van der Waals surface area contributed by atoms with Gasteiger partial charge in [-0.15, -0.1) is 0 Å². The summed E-state index contributed by atoms with van der Waals surface area (Å²) in [5.41, 5.74) is 1.89. The molecule has 1 aliphatic carbocycles. The zero-order chi connectivity index (χ0) is 25.9. The van der Waals surface area contributed by atoms with Gasteiger partial charge >= 0.3 is 6.09 Å². The average Bonchev–Trinajstić information content (AvgIpc) is 3.42. The van der Waals surface area contributed by atoms with Gasteiger partial charge in [0.2, 0.25) is 0 Å². The number of pyridine rings is 1. The van der Waals surface area contributed by atoms with E-state index in [0.29, 0.717) is 40.3 Å². The molecule has 3 saturated heterocycles. The van der Waals surface area contributed by atoms with Crippen molar-refractivity contribution < 1.29 is 14.3 Å². The zero-order valence-electron chi connectivity index (χ0n) is 21.2. The molecule has 6 rings (SSSR count). The topological polar surface area (TPSA) is 89.8 Å². The summed E-state index contributed by atoms with van der Waals surface area (Å²) in [5, 5.41) is 10.3. The molecular formula is C27H30ClN5O3. The maximum Gasteiger partial charge on any atom is 0.410 e. The highest BCUT2D eigenvalue weighted by Gasteiger charge is 2.65. The van der Waals surface area contributed by atoms with Gasteiger partial charge in [-0.3, -0.25) is 9.69 Å². The molecule has 2 amide bonds. The highest BCUT2D eigenvalue weighted by atomic mass is 35.5. The maximum absolute atomic E-state index is 12.9. The summed E-state index contributed by atoms with van der Waals surface area (Å²) < 4.78 is 5.69. The first-order valence-electron chi connectivity index (χ1n) is 12.2. The van der Waals surface area contributed by atoms with Crippen LogP contribution in [0.2, 0.25) is 5.02 Å². The smallest absolute Gasteiger partial charge is 0.410 e. The Labute approximate surface area is 216 Å². The van der Waals surface area contributed by atoms with Crippen LogP contribution in [0.25, 0.3) is 11.1 Å². The first-order chi connectivity index (χ1) is 17.0. The number of fused-ring (bicyclic) bond motifs is 2. The highest BCUT2D eigenvalue weighted by Crippen LogP contribution is 2.56. The van der Waals surface area contributed by atoms with E-state index in [4.69, 9.17) is 21.3 Å². The molecule has 2 aromatic rings. The Morgan fingerprint density at radius 2 is 1.92 bits per heavy atom. The molecule has 1 aromatic heterocycles. The number of carbonyl (C=O) groups excluding carboxylic acids is 2. The number of piperidine rings is 1.